The van der Waals surface area contributed by atoms with Crippen LogP contribution >= 0.6 is 0 Å². The first-order valence-electron chi connectivity index (χ1n) is 12.3. The van der Waals surface area contributed by atoms with E-state index in [2.05, 4.69) is 89.5 Å². The van der Waals surface area contributed by atoms with E-state index in [1.807, 2.05) is 30.3 Å². The zero-order valence-corrected chi connectivity index (χ0v) is 23.0. The van der Waals surface area contributed by atoms with E-state index in [9.17, 15) is 8.42 Å². The highest BCUT2D eigenvalue weighted by Gasteiger charge is 2.22. The zero-order chi connectivity index (χ0) is 28.5. The van der Waals surface area contributed by atoms with Crippen LogP contribution in [0, 0.1) is 10.8 Å². The minimum absolute atomic E-state index is 0.126. The standard InChI is InChI=1S/C31H27N2O2S.ClO3/c32-36(34,35)29-18-16-24(17-19-29)20-21-33-30(26-12-6-2-7-13-26)22-28(25-10-4-1-5-11-25)23-31(33)27-14-8-3-9-15-27;2-1(3)4/h1-19,22-23H,20-21H2,(H2,32,34,35);/q+1;-1. The van der Waals surface area contributed by atoms with Crippen LogP contribution in [0.3, 0.4) is 0 Å². The van der Waals surface area contributed by atoms with E-state index in [0.717, 1.165) is 52.2 Å². The lowest BCUT2D eigenvalue weighted by Gasteiger charge is -2.13. The first-order valence-corrected chi connectivity index (χ1v) is 14.8. The Bertz CT molecular complexity index is 1570. The molecule has 9 heteroatoms. The monoisotopic (exact) mass is 574 g/mol. The van der Waals surface area contributed by atoms with E-state index in [1.165, 1.54) is 0 Å². The van der Waals surface area contributed by atoms with Crippen molar-refractivity contribution in [1.82, 2.24) is 0 Å². The smallest absolute Gasteiger partial charge is 0.238 e. The van der Waals surface area contributed by atoms with Gasteiger partial charge in [-0.1, -0.05) is 78.9 Å². The average molecular weight is 575 g/mol. The van der Waals surface area contributed by atoms with Gasteiger partial charge in [0.2, 0.25) is 21.4 Å². The van der Waals surface area contributed by atoms with Crippen LogP contribution in [0.25, 0.3) is 33.6 Å². The Morgan fingerprint density at radius 2 is 1.00 bits per heavy atom. The molecule has 2 N–H and O–H groups in total. The fraction of sp³-hybridized carbons (Fsp3) is 0.0645. The molecule has 1 aromatic heterocycles. The molecule has 0 bridgehead atoms. The number of hydrogen-bond acceptors (Lipinski definition) is 5. The van der Waals surface area contributed by atoms with Gasteiger partial charge in [-0.2, -0.15) is 4.57 Å². The molecule has 0 unspecified atom stereocenters. The third-order valence-electron chi connectivity index (χ3n) is 6.29. The van der Waals surface area contributed by atoms with Gasteiger partial charge in [0.1, 0.15) is 0 Å². The topological polar surface area (TPSA) is 133 Å². The minimum atomic E-state index is -3.71. The summed E-state index contributed by atoms with van der Waals surface area (Å²) in [4.78, 5) is 0.126. The Hall–Kier alpha value is -3.89. The fourth-order valence-corrected chi connectivity index (χ4v) is 4.96. The number of aromatic nitrogens is 1. The lowest BCUT2D eigenvalue weighted by atomic mass is 9.98. The number of primary sulfonamides is 1. The van der Waals surface area contributed by atoms with Gasteiger partial charge in [-0.25, -0.2) is 13.6 Å². The van der Waals surface area contributed by atoms with Gasteiger partial charge >= 0.3 is 0 Å². The lowest BCUT2D eigenvalue weighted by molar-refractivity contribution is -1.73. The third-order valence-corrected chi connectivity index (χ3v) is 7.22. The van der Waals surface area contributed by atoms with Crippen LogP contribution in [-0.4, -0.2) is 8.42 Å². The van der Waals surface area contributed by atoms with Crippen molar-refractivity contribution >= 4 is 10.0 Å². The summed E-state index contributed by atoms with van der Waals surface area (Å²) in [6.07, 6.45) is 0.736. The van der Waals surface area contributed by atoms with Crippen LogP contribution in [0.4, 0.5) is 0 Å². The van der Waals surface area contributed by atoms with E-state index in [1.54, 1.807) is 12.1 Å². The number of hydrogen-bond donors (Lipinski definition) is 1. The molecule has 1 heterocycles. The second-order valence-electron chi connectivity index (χ2n) is 8.89. The largest absolute Gasteiger partial charge is 0.357 e. The molecule has 40 heavy (non-hydrogen) atoms. The van der Waals surface area contributed by atoms with Crippen LogP contribution in [0.2, 0.25) is 0 Å². The highest BCUT2D eigenvalue weighted by molar-refractivity contribution is 7.89. The lowest BCUT2D eigenvalue weighted by Crippen LogP contribution is -2.42. The minimum Gasteiger partial charge on any atom is -0.357 e. The summed E-state index contributed by atoms with van der Waals surface area (Å²) >= 11 is 0. The predicted molar refractivity (Wildman–Crippen MR) is 144 cm³/mol. The van der Waals surface area contributed by atoms with Crippen molar-refractivity contribution < 1.29 is 37.7 Å². The molecule has 4 aromatic carbocycles. The number of sulfonamides is 1. The molecule has 0 radical (unpaired) electrons. The molecule has 5 aromatic rings. The number of nitrogens with zero attached hydrogens (tertiary/aromatic N) is 1. The quantitative estimate of drug-likeness (QED) is 0.298. The van der Waals surface area contributed by atoms with Gasteiger partial charge in [-0.3, -0.25) is 0 Å². The molecule has 0 amide bonds. The van der Waals surface area contributed by atoms with Crippen molar-refractivity contribution in [3.05, 3.63) is 133 Å². The normalized spacial score (nSPS) is 11.1. The van der Waals surface area contributed by atoms with Crippen LogP contribution in [0.15, 0.2) is 132 Å². The zero-order valence-electron chi connectivity index (χ0n) is 21.4. The molecule has 0 saturated carbocycles. The van der Waals surface area contributed by atoms with Gasteiger partial charge in [0, 0.05) is 29.7 Å². The maximum Gasteiger partial charge on any atom is 0.238 e. The van der Waals surface area contributed by atoms with Crippen molar-refractivity contribution in [3.8, 4) is 33.6 Å². The molecule has 0 saturated heterocycles. The van der Waals surface area contributed by atoms with Crippen molar-refractivity contribution in [3.63, 3.8) is 0 Å². The van der Waals surface area contributed by atoms with Crippen molar-refractivity contribution in [2.75, 3.05) is 0 Å². The number of halogens is 1. The van der Waals surface area contributed by atoms with Gasteiger partial charge in [0.25, 0.3) is 0 Å². The molecule has 0 spiro atoms. The molecule has 0 aliphatic carbocycles. The van der Waals surface area contributed by atoms with Crippen LogP contribution < -0.4 is 23.7 Å². The summed E-state index contributed by atoms with van der Waals surface area (Å²) in [5, 5.41) is 5.27. The summed E-state index contributed by atoms with van der Waals surface area (Å²) in [6.45, 7) is 0.720. The average Bonchev–Trinajstić information content (AvgIpc) is 2.96. The van der Waals surface area contributed by atoms with Crippen LogP contribution in [0.5, 0.6) is 0 Å². The first-order chi connectivity index (χ1) is 19.2. The Morgan fingerprint density at radius 3 is 1.40 bits per heavy atom. The van der Waals surface area contributed by atoms with Gasteiger partial charge in [0.15, 0.2) is 6.54 Å². The molecular weight excluding hydrogens is 548 g/mol. The van der Waals surface area contributed by atoms with E-state index in [4.69, 9.17) is 19.1 Å². The first kappa shape index (κ1) is 29.1. The molecule has 204 valence electrons. The van der Waals surface area contributed by atoms with Crippen molar-refractivity contribution in [2.24, 2.45) is 5.14 Å². The second kappa shape index (κ2) is 13.5. The summed E-state index contributed by atoms with van der Waals surface area (Å²) in [5.74, 6) is 0. The van der Waals surface area contributed by atoms with E-state index < -0.39 is 20.8 Å². The van der Waals surface area contributed by atoms with Gasteiger partial charge in [-0.05, 0) is 53.1 Å². The maximum absolute atomic E-state index is 11.6. The van der Waals surface area contributed by atoms with Gasteiger partial charge in [-0.15, -0.1) is 0 Å². The molecule has 0 aliphatic heterocycles. The molecule has 0 atom stereocenters. The summed E-state index contributed by atoms with van der Waals surface area (Å²) in [6, 6.07) is 42.6. The number of rotatable bonds is 7. The third kappa shape index (κ3) is 7.83. The molecule has 5 rings (SSSR count). The number of pyridine rings is 1. The number of nitrogens with two attached hydrogens (primary N) is 1. The summed E-state index contributed by atoms with van der Waals surface area (Å²) in [7, 11) is -6.56. The fourth-order valence-electron chi connectivity index (χ4n) is 4.44. The van der Waals surface area contributed by atoms with Crippen LogP contribution in [-0.2, 0) is 23.0 Å². The predicted octanol–water partition coefficient (Wildman–Crippen LogP) is 2.30. The van der Waals surface area contributed by atoms with E-state index >= 15 is 0 Å². The van der Waals surface area contributed by atoms with Gasteiger partial charge in [0.05, 0.1) is 15.7 Å². The molecule has 0 fully saturated rings. The maximum atomic E-state index is 11.6. The Labute approximate surface area is 236 Å². The summed E-state index contributed by atoms with van der Waals surface area (Å²) in [5.41, 5.74) is 7.88. The highest BCUT2D eigenvalue weighted by atomic mass is 35.6. The number of benzene rings is 4. The molecular formula is C31H27ClN2O5S. The van der Waals surface area contributed by atoms with Crippen LogP contribution in [0.1, 0.15) is 5.56 Å². The molecule has 0 aliphatic rings. The van der Waals surface area contributed by atoms with Gasteiger partial charge < -0.3 is 14.0 Å². The Kier molecular flexibility index (Phi) is 9.79. The summed E-state index contributed by atoms with van der Waals surface area (Å²) < 4.78 is 50.9. The van der Waals surface area contributed by atoms with Crippen molar-refractivity contribution in [1.29, 1.82) is 0 Å². The Balaban J connectivity index is 0.000000867. The SMILES string of the molecule is NS(=O)(=O)c1ccc(CC[n+]2c(-c3ccccc3)cc(-c3ccccc3)cc2-c2ccccc2)cc1.[O-][Cl+2]([O-])[O-]. The highest BCUT2D eigenvalue weighted by Crippen LogP contribution is 2.29. The Morgan fingerprint density at radius 1 is 0.600 bits per heavy atom. The van der Waals surface area contributed by atoms with E-state index in [-0.39, 0.29) is 4.90 Å². The van der Waals surface area contributed by atoms with E-state index in [0.29, 0.717) is 0 Å². The number of aryl methyl sites for hydroxylation is 1. The molecule has 7 nitrogen and oxygen atoms in total. The van der Waals surface area contributed by atoms with Crippen molar-refractivity contribution in [2.45, 2.75) is 17.9 Å². The second-order valence-corrected chi connectivity index (χ2v) is 10.8.